The van der Waals surface area contributed by atoms with Gasteiger partial charge in [0.05, 0.1) is 34.0 Å². The first-order valence-corrected chi connectivity index (χ1v) is 10.1. The number of rotatable bonds is 6. The number of aromatic nitrogens is 2. The molecule has 4 rings (SSSR count). The number of pyridine rings is 1. The van der Waals surface area contributed by atoms with Crippen LogP contribution in [-0.2, 0) is 4.79 Å². The molecular formula is C24H17N5O5. The first kappa shape index (κ1) is 22.2. The number of aromatic carboxylic acids is 1. The van der Waals surface area contributed by atoms with Gasteiger partial charge in [-0.3, -0.25) is 14.6 Å². The fourth-order valence-corrected chi connectivity index (χ4v) is 3.34. The van der Waals surface area contributed by atoms with Crippen LogP contribution in [0.1, 0.15) is 39.8 Å². The number of carbonyl (C=O) groups excluding carboxylic acids is 2. The molecule has 10 nitrogen and oxygen atoms in total. The van der Waals surface area contributed by atoms with E-state index in [9.17, 15) is 19.5 Å². The first-order chi connectivity index (χ1) is 16.4. The molecule has 0 saturated heterocycles. The van der Waals surface area contributed by atoms with Crippen molar-refractivity contribution in [3.63, 3.8) is 0 Å². The normalized spacial score (nSPS) is 10.5. The summed E-state index contributed by atoms with van der Waals surface area (Å²) in [5.74, 6) is -2.19. The van der Waals surface area contributed by atoms with Crippen LogP contribution in [0, 0.1) is 11.3 Å². The molecule has 0 saturated carbocycles. The van der Waals surface area contributed by atoms with E-state index < -0.39 is 11.9 Å². The topological polar surface area (TPSA) is 158 Å². The van der Waals surface area contributed by atoms with Crippen LogP contribution in [0.25, 0.3) is 22.1 Å². The Morgan fingerprint density at radius 1 is 1.06 bits per heavy atom. The van der Waals surface area contributed by atoms with Crippen LogP contribution in [0.5, 0.6) is 0 Å². The van der Waals surface area contributed by atoms with Crippen LogP contribution < -0.4 is 10.6 Å². The Bertz CT molecular complexity index is 1470. The van der Waals surface area contributed by atoms with Crippen molar-refractivity contribution in [3.05, 3.63) is 71.7 Å². The van der Waals surface area contributed by atoms with Gasteiger partial charge < -0.3 is 20.3 Å². The summed E-state index contributed by atoms with van der Waals surface area (Å²) in [6.07, 6.45) is 3.48. The predicted molar refractivity (Wildman–Crippen MR) is 122 cm³/mol. The standard InChI is InChI=1S/C24H17N5O5/c1-2-21(30)27-19-11-20-17(10-15(19)14-5-7-26-8-6-14)22(29-34-20)23(31)28-18-4-3-13(12-25)9-16(18)24(32)33/h3-11H,2H2,1H3,(H,27,30)(H,28,31)(H,32,33). The number of anilines is 2. The highest BCUT2D eigenvalue weighted by molar-refractivity contribution is 6.14. The summed E-state index contributed by atoms with van der Waals surface area (Å²) >= 11 is 0. The van der Waals surface area contributed by atoms with Gasteiger partial charge in [0, 0.05) is 30.4 Å². The molecule has 3 N–H and O–H groups in total. The third-order valence-corrected chi connectivity index (χ3v) is 5.04. The lowest BCUT2D eigenvalue weighted by molar-refractivity contribution is -0.115. The van der Waals surface area contributed by atoms with E-state index in [4.69, 9.17) is 9.78 Å². The number of hydrogen-bond donors (Lipinski definition) is 3. The largest absolute Gasteiger partial charge is 0.478 e. The monoisotopic (exact) mass is 455 g/mol. The first-order valence-electron chi connectivity index (χ1n) is 10.1. The van der Waals surface area contributed by atoms with Gasteiger partial charge in [-0.15, -0.1) is 0 Å². The van der Waals surface area contributed by atoms with Crippen LogP contribution >= 0.6 is 0 Å². The molecule has 0 unspecified atom stereocenters. The van der Waals surface area contributed by atoms with Crippen molar-refractivity contribution in [2.24, 2.45) is 0 Å². The predicted octanol–water partition coefficient (Wildman–Crippen LogP) is 4.06. The summed E-state index contributed by atoms with van der Waals surface area (Å²) < 4.78 is 5.33. The van der Waals surface area contributed by atoms with Crippen molar-refractivity contribution >= 4 is 40.1 Å². The minimum Gasteiger partial charge on any atom is -0.478 e. The van der Waals surface area contributed by atoms with E-state index in [2.05, 4.69) is 20.8 Å². The Balaban J connectivity index is 1.77. The fourth-order valence-electron chi connectivity index (χ4n) is 3.34. The maximum Gasteiger partial charge on any atom is 0.337 e. The Morgan fingerprint density at radius 3 is 2.50 bits per heavy atom. The molecular weight excluding hydrogens is 438 g/mol. The van der Waals surface area contributed by atoms with E-state index in [1.807, 2.05) is 6.07 Å². The average molecular weight is 455 g/mol. The lowest BCUT2D eigenvalue weighted by atomic mass is 10.0. The third-order valence-electron chi connectivity index (χ3n) is 5.04. The summed E-state index contributed by atoms with van der Waals surface area (Å²) in [6, 6.07) is 12.5. The molecule has 2 aromatic heterocycles. The lowest BCUT2D eigenvalue weighted by Gasteiger charge is -2.11. The Labute approximate surface area is 192 Å². The number of nitriles is 1. The zero-order valence-electron chi connectivity index (χ0n) is 17.8. The highest BCUT2D eigenvalue weighted by Gasteiger charge is 2.22. The van der Waals surface area contributed by atoms with Crippen LogP contribution in [0.3, 0.4) is 0 Å². The molecule has 0 atom stereocenters. The average Bonchev–Trinajstić information content (AvgIpc) is 3.27. The molecule has 2 aromatic carbocycles. The molecule has 0 aliphatic rings. The smallest absolute Gasteiger partial charge is 0.337 e. The van der Waals surface area contributed by atoms with E-state index in [1.54, 1.807) is 43.6 Å². The summed E-state index contributed by atoms with van der Waals surface area (Å²) in [6.45, 7) is 1.73. The van der Waals surface area contributed by atoms with E-state index >= 15 is 0 Å². The number of hydrogen-bond acceptors (Lipinski definition) is 7. The number of carbonyl (C=O) groups is 3. The van der Waals surface area contributed by atoms with Crippen LogP contribution in [0.15, 0.2) is 59.4 Å². The van der Waals surface area contributed by atoms with Gasteiger partial charge in [-0.2, -0.15) is 5.26 Å². The molecule has 4 aromatic rings. The summed E-state index contributed by atoms with van der Waals surface area (Å²) in [5.41, 5.74) is 1.96. The van der Waals surface area contributed by atoms with Crippen molar-refractivity contribution in [1.82, 2.24) is 10.1 Å². The maximum atomic E-state index is 13.0. The molecule has 0 aliphatic carbocycles. The highest BCUT2D eigenvalue weighted by atomic mass is 16.5. The number of carboxylic acid groups (broad SMARTS) is 1. The zero-order chi connectivity index (χ0) is 24.2. The second-order valence-corrected chi connectivity index (χ2v) is 7.19. The molecule has 0 aliphatic heterocycles. The molecule has 10 heteroatoms. The van der Waals surface area contributed by atoms with Crippen LogP contribution in [0.4, 0.5) is 11.4 Å². The van der Waals surface area contributed by atoms with Gasteiger partial charge in [0.2, 0.25) is 5.91 Å². The highest BCUT2D eigenvalue weighted by Crippen LogP contribution is 2.34. The number of nitrogens with one attached hydrogen (secondary N) is 2. The fraction of sp³-hybridized carbons (Fsp3) is 0.0833. The minimum atomic E-state index is -1.30. The number of nitrogens with zero attached hydrogens (tertiary/aromatic N) is 3. The molecule has 168 valence electrons. The van der Waals surface area contributed by atoms with Crippen molar-refractivity contribution in [3.8, 4) is 17.2 Å². The van der Waals surface area contributed by atoms with E-state index in [-0.39, 0.29) is 40.4 Å². The molecule has 0 fully saturated rings. The van der Waals surface area contributed by atoms with Crippen molar-refractivity contribution in [2.45, 2.75) is 13.3 Å². The van der Waals surface area contributed by atoms with Crippen LogP contribution in [0.2, 0.25) is 0 Å². The van der Waals surface area contributed by atoms with Crippen molar-refractivity contribution < 1.29 is 24.0 Å². The Kier molecular flexibility index (Phi) is 6.01. The molecule has 34 heavy (non-hydrogen) atoms. The third kappa shape index (κ3) is 4.31. The van der Waals surface area contributed by atoms with Gasteiger partial charge in [-0.1, -0.05) is 12.1 Å². The second kappa shape index (κ2) is 9.22. The van der Waals surface area contributed by atoms with Gasteiger partial charge in [-0.25, -0.2) is 4.79 Å². The lowest BCUT2D eigenvalue weighted by Crippen LogP contribution is -2.15. The van der Waals surface area contributed by atoms with Crippen LogP contribution in [-0.4, -0.2) is 33.0 Å². The number of benzene rings is 2. The molecule has 0 bridgehead atoms. The molecule has 0 radical (unpaired) electrons. The molecule has 2 amide bonds. The summed E-state index contributed by atoms with van der Waals surface area (Å²) in [5, 5.41) is 28.0. The van der Waals surface area contributed by atoms with Crippen molar-refractivity contribution in [2.75, 3.05) is 10.6 Å². The number of amides is 2. The minimum absolute atomic E-state index is 0.00818. The number of fused-ring (bicyclic) bond motifs is 1. The maximum absolute atomic E-state index is 13.0. The quantitative estimate of drug-likeness (QED) is 0.392. The Hall–Kier alpha value is -5.04. The van der Waals surface area contributed by atoms with E-state index in [0.717, 1.165) is 5.56 Å². The molecule has 2 heterocycles. The van der Waals surface area contributed by atoms with Gasteiger partial charge in [0.1, 0.15) is 0 Å². The Morgan fingerprint density at radius 2 is 1.82 bits per heavy atom. The second-order valence-electron chi connectivity index (χ2n) is 7.19. The van der Waals surface area contributed by atoms with Gasteiger partial charge in [0.25, 0.3) is 5.91 Å². The van der Waals surface area contributed by atoms with Crippen molar-refractivity contribution in [1.29, 1.82) is 5.26 Å². The van der Waals surface area contributed by atoms with E-state index in [0.29, 0.717) is 16.6 Å². The zero-order valence-corrected chi connectivity index (χ0v) is 17.8. The summed E-state index contributed by atoms with van der Waals surface area (Å²) in [4.78, 5) is 40.6. The number of carboxylic acids is 1. The summed E-state index contributed by atoms with van der Waals surface area (Å²) in [7, 11) is 0. The SMILES string of the molecule is CCC(=O)Nc1cc2onc(C(=O)Nc3ccc(C#N)cc3C(=O)O)c2cc1-c1ccncc1. The van der Waals surface area contributed by atoms with Gasteiger partial charge >= 0.3 is 5.97 Å². The van der Waals surface area contributed by atoms with Gasteiger partial charge in [-0.05, 0) is 42.0 Å². The van der Waals surface area contributed by atoms with Gasteiger partial charge in [0.15, 0.2) is 11.3 Å². The van der Waals surface area contributed by atoms with E-state index in [1.165, 1.54) is 18.2 Å². The molecule has 0 spiro atoms.